The van der Waals surface area contributed by atoms with E-state index in [0.717, 1.165) is 31.6 Å². The van der Waals surface area contributed by atoms with Crippen molar-refractivity contribution in [3.05, 3.63) is 22.4 Å². The fourth-order valence-corrected chi connectivity index (χ4v) is 5.10. The molecule has 3 rings (SSSR count). The third-order valence-electron chi connectivity index (χ3n) is 5.84. The fourth-order valence-electron chi connectivity index (χ4n) is 4.24. The molecule has 1 saturated carbocycles. The van der Waals surface area contributed by atoms with Crippen molar-refractivity contribution in [1.82, 2.24) is 20.4 Å². The predicted octanol–water partition coefficient (Wildman–Crippen LogP) is 2.92. The summed E-state index contributed by atoms with van der Waals surface area (Å²) in [5, 5.41) is 9.25. The Morgan fingerprint density at radius 2 is 2.04 bits per heavy atom. The zero-order chi connectivity index (χ0) is 18.2. The monoisotopic (exact) mass is 377 g/mol. The quantitative estimate of drug-likeness (QED) is 0.540. The summed E-state index contributed by atoms with van der Waals surface area (Å²) in [6.45, 7) is 5.36. The van der Waals surface area contributed by atoms with E-state index in [1.54, 1.807) is 0 Å². The SMILES string of the molecule is CN=C(NCCN(C)C1CCCC1)NCC(c1cccs1)N1CCCC1. The second-order valence-corrected chi connectivity index (χ2v) is 8.55. The van der Waals surface area contributed by atoms with Gasteiger partial charge in [0.15, 0.2) is 5.96 Å². The van der Waals surface area contributed by atoms with Gasteiger partial charge in [0.05, 0.1) is 6.04 Å². The minimum absolute atomic E-state index is 0.456. The van der Waals surface area contributed by atoms with Gasteiger partial charge in [0.2, 0.25) is 0 Å². The number of aliphatic imine (C=N–C) groups is 1. The number of thiophene rings is 1. The molecule has 26 heavy (non-hydrogen) atoms. The highest BCUT2D eigenvalue weighted by Gasteiger charge is 2.24. The van der Waals surface area contributed by atoms with Gasteiger partial charge in [-0.15, -0.1) is 11.3 Å². The molecule has 0 spiro atoms. The third kappa shape index (κ3) is 5.44. The van der Waals surface area contributed by atoms with Gasteiger partial charge in [-0.25, -0.2) is 0 Å². The lowest BCUT2D eigenvalue weighted by Gasteiger charge is -2.28. The molecule has 5 nitrogen and oxygen atoms in total. The highest BCUT2D eigenvalue weighted by atomic mass is 32.1. The highest BCUT2D eigenvalue weighted by molar-refractivity contribution is 7.10. The van der Waals surface area contributed by atoms with Crippen LogP contribution in [0.15, 0.2) is 22.5 Å². The Morgan fingerprint density at radius 3 is 2.69 bits per heavy atom. The number of likely N-dealkylation sites (N-methyl/N-ethyl adjacent to an activating group) is 1. The molecule has 0 amide bonds. The van der Waals surface area contributed by atoms with Crippen molar-refractivity contribution in [3.8, 4) is 0 Å². The first-order valence-electron chi connectivity index (χ1n) is 10.2. The summed E-state index contributed by atoms with van der Waals surface area (Å²) in [5.74, 6) is 0.922. The normalized spacial score (nSPS) is 20.8. The number of guanidine groups is 1. The van der Waals surface area contributed by atoms with E-state index in [-0.39, 0.29) is 0 Å². The lowest BCUT2D eigenvalue weighted by atomic mass is 10.2. The van der Waals surface area contributed by atoms with Crippen molar-refractivity contribution in [2.75, 3.05) is 46.8 Å². The summed E-state index contributed by atoms with van der Waals surface area (Å²) in [6, 6.07) is 5.67. The number of rotatable bonds is 8. The molecule has 1 aromatic heterocycles. The third-order valence-corrected chi connectivity index (χ3v) is 6.82. The van der Waals surface area contributed by atoms with Gasteiger partial charge < -0.3 is 15.5 Å². The van der Waals surface area contributed by atoms with Crippen LogP contribution in [0.3, 0.4) is 0 Å². The van der Waals surface area contributed by atoms with Crippen LogP contribution in [0, 0.1) is 0 Å². The summed E-state index contributed by atoms with van der Waals surface area (Å²) in [5.41, 5.74) is 0. The summed E-state index contributed by atoms with van der Waals surface area (Å²) in [6.07, 6.45) is 8.16. The van der Waals surface area contributed by atoms with E-state index < -0.39 is 0 Å². The molecular weight excluding hydrogens is 342 g/mol. The van der Waals surface area contributed by atoms with Gasteiger partial charge >= 0.3 is 0 Å². The lowest BCUT2D eigenvalue weighted by molar-refractivity contribution is 0.246. The van der Waals surface area contributed by atoms with Crippen LogP contribution in [0.2, 0.25) is 0 Å². The van der Waals surface area contributed by atoms with E-state index in [2.05, 4.69) is 50.0 Å². The Balaban J connectivity index is 1.44. The van der Waals surface area contributed by atoms with Crippen molar-refractivity contribution >= 4 is 17.3 Å². The zero-order valence-electron chi connectivity index (χ0n) is 16.4. The summed E-state index contributed by atoms with van der Waals surface area (Å²) in [7, 11) is 4.13. The Morgan fingerprint density at radius 1 is 1.27 bits per heavy atom. The summed E-state index contributed by atoms with van der Waals surface area (Å²) in [4.78, 5) is 11.0. The van der Waals surface area contributed by atoms with Crippen molar-refractivity contribution in [2.24, 2.45) is 4.99 Å². The Kier molecular flexibility index (Phi) is 7.77. The van der Waals surface area contributed by atoms with Crippen LogP contribution < -0.4 is 10.6 Å². The smallest absolute Gasteiger partial charge is 0.191 e. The first kappa shape index (κ1) is 19.6. The van der Waals surface area contributed by atoms with E-state index in [1.165, 1.54) is 56.5 Å². The number of nitrogens with one attached hydrogen (secondary N) is 2. The largest absolute Gasteiger partial charge is 0.355 e. The molecule has 2 fully saturated rings. The first-order chi connectivity index (χ1) is 12.8. The maximum absolute atomic E-state index is 4.42. The molecule has 1 aromatic rings. The second kappa shape index (κ2) is 10.3. The first-order valence-corrected chi connectivity index (χ1v) is 11.1. The molecule has 2 N–H and O–H groups in total. The average Bonchev–Trinajstić information content (AvgIpc) is 3.43. The van der Waals surface area contributed by atoms with E-state index in [0.29, 0.717) is 6.04 Å². The van der Waals surface area contributed by atoms with Crippen LogP contribution >= 0.6 is 11.3 Å². The van der Waals surface area contributed by atoms with E-state index in [1.807, 2.05) is 18.4 Å². The Bertz CT molecular complexity index is 532. The molecule has 1 saturated heterocycles. The van der Waals surface area contributed by atoms with Crippen LogP contribution in [-0.4, -0.2) is 68.6 Å². The molecule has 1 aliphatic carbocycles. The van der Waals surface area contributed by atoms with Gasteiger partial charge in [-0.1, -0.05) is 18.9 Å². The van der Waals surface area contributed by atoms with Gasteiger partial charge in [-0.3, -0.25) is 9.89 Å². The van der Waals surface area contributed by atoms with Crippen molar-refractivity contribution in [3.63, 3.8) is 0 Å². The van der Waals surface area contributed by atoms with Gasteiger partial charge in [0.1, 0.15) is 0 Å². The molecule has 1 aliphatic heterocycles. The number of hydrogen-bond donors (Lipinski definition) is 2. The van der Waals surface area contributed by atoms with Gasteiger partial charge in [-0.05, 0) is 57.3 Å². The van der Waals surface area contributed by atoms with Crippen LogP contribution in [0.25, 0.3) is 0 Å². The molecule has 1 atom stereocenters. The van der Waals surface area contributed by atoms with Crippen LogP contribution in [0.5, 0.6) is 0 Å². The molecule has 146 valence electrons. The minimum Gasteiger partial charge on any atom is -0.355 e. The van der Waals surface area contributed by atoms with Crippen molar-refractivity contribution < 1.29 is 0 Å². The summed E-state index contributed by atoms with van der Waals surface area (Å²) < 4.78 is 0. The topological polar surface area (TPSA) is 42.9 Å². The average molecular weight is 378 g/mol. The Labute approximate surface area is 162 Å². The van der Waals surface area contributed by atoms with E-state index >= 15 is 0 Å². The zero-order valence-corrected chi connectivity index (χ0v) is 17.2. The summed E-state index contributed by atoms with van der Waals surface area (Å²) >= 11 is 1.86. The molecule has 1 unspecified atom stereocenters. The molecule has 0 radical (unpaired) electrons. The Hall–Kier alpha value is -1.11. The maximum Gasteiger partial charge on any atom is 0.191 e. The highest BCUT2D eigenvalue weighted by Crippen LogP contribution is 2.27. The van der Waals surface area contributed by atoms with Crippen molar-refractivity contribution in [1.29, 1.82) is 0 Å². The number of hydrogen-bond acceptors (Lipinski definition) is 4. The number of likely N-dealkylation sites (tertiary alicyclic amines) is 1. The van der Waals surface area contributed by atoms with Crippen LogP contribution in [0.1, 0.15) is 49.4 Å². The van der Waals surface area contributed by atoms with Gasteiger partial charge in [0, 0.05) is 37.6 Å². The van der Waals surface area contributed by atoms with Crippen LogP contribution in [0.4, 0.5) is 0 Å². The number of nitrogens with zero attached hydrogens (tertiary/aromatic N) is 3. The molecule has 6 heteroatoms. The lowest BCUT2D eigenvalue weighted by Crippen LogP contribution is -2.45. The molecule has 0 bridgehead atoms. The van der Waals surface area contributed by atoms with Crippen molar-refractivity contribution in [2.45, 2.75) is 50.6 Å². The van der Waals surface area contributed by atoms with Gasteiger partial charge in [-0.2, -0.15) is 0 Å². The maximum atomic E-state index is 4.42. The van der Waals surface area contributed by atoms with Crippen LogP contribution in [-0.2, 0) is 0 Å². The van der Waals surface area contributed by atoms with E-state index in [4.69, 9.17) is 0 Å². The standard InChI is InChI=1S/C20H35N5S/c1-21-20(22-11-14-24(2)17-8-3-4-9-17)23-16-18(19-10-7-15-26-19)25-12-5-6-13-25/h7,10,15,17-18H,3-6,8-9,11-14,16H2,1-2H3,(H2,21,22,23). The minimum atomic E-state index is 0.456. The van der Waals surface area contributed by atoms with E-state index in [9.17, 15) is 0 Å². The van der Waals surface area contributed by atoms with Gasteiger partial charge in [0.25, 0.3) is 0 Å². The molecule has 2 heterocycles. The fraction of sp³-hybridized carbons (Fsp3) is 0.750. The second-order valence-electron chi connectivity index (χ2n) is 7.57. The predicted molar refractivity (Wildman–Crippen MR) is 112 cm³/mol. The molecule has 0 aromatic carbocycles. The molecular formula is C20H35N5S. The molecule has 2 aliphatic rings.